The van der Waals surface area contributed by atoms with Crippen LogP contribution in [0.1, 0.15) is 30.4 Å². The number of halogens is 1. The number of hydrogen-bond donors (Lipinski definition) is 1. The largest absolute Gasteiger partial charge is 0.317 e. The zero-order valence-electron chi connectivity index (χ0n) is 9.39. The first-order valence-corrected chi connectivity index (χ1v) is 6.07. The molecule has 1 aliphatic carbocycles. The molecule has 1 aliphatic rings. The van der Waals surface area contributed by atoms with Gasteiger partial charge in [0.25, 0.3) is 0 Å². The second-order valence-corrected chi connectivity index (χ2v) is 4.85. The van der Waals surface area contributed by atoms with Gasteiger partial charge in [-0.15, -0.1) is 0 Å². The van der Waals surface area contributed by atoms with E-state index in [0.29, 0.717) is 0 Å². The molecule has 0 aliphatic heterocycles. The molecule has 0 amide bonds. The molecule has 0 aromatic heterocycles. The average molecular weight is 224 g/mol. The SMILES string of the molecule is CCNCC1CC1c1ccc(Cl)cc1C. The van der Waals surface area contributed by atoms with Crippen LogP contribution in [0.3, 0.4) is 0 Å². The predicted molar refractivity (Wildman–Crippen MR) is 65.6 cm³/mol. The van der Waals surface area contributed by atoms with Crippen molar-refractivity contribution in [2.24, 2.45) is 5.92 Å². The Balaban J connectivity index is 2.00. The van der Waals surface area contributed by atoms with Gasteiger partial charge in [-0.05, 0) is 61.5 Å². The van der Waals surface area contributed by atoms with Crippen molar-refractivity contribution >= 4 is 11.6 Å². The van der Waals surface area contributed by atoms with E-state index in [1.54, 1.807) is 0 Å². The number of nitrogens with one attached hydrogen (secondary N) is 1. The molecule has 1 aromatic rings. The Hall–Kier alpha value is -0.530. The Morgan fingerprint density at radius 1 is 1.47 bits per heavy atom. The molecule has 2 rings (SSSR count). The minimum Gasteiger partial charge on any atom is -0.317 e. The molecule has 2 unspecified atom stereocenters. The molecule has 15 heavy (non-hydrogen) atoms. The summed E-state index contributed by atoms with van der Waals surface area (Å²) >= 11 is 5.95. The molecule has 82 valence electrons. The van der Waals surface area contributed by atoms with Crippen LogP contribution in [-0.2, 0) is 0 Å². The van der Waals surface area contributed by atoms with Gasteiger partial charge in [0.1, 0.15) is 0 Å². The first-order valence-electron chi connectivity index (χ1n) is 5.69. The Kier molecular flexibility index (Phi) is 3.32. The van der Waals surface area contributed by atoms with Crippen LogP contribution in [0.4, 0.5) is 0 Å². The summed E-state index contributed by atoms with van der Waals surface area (Å²) in [5.74, 6) is 1.60. The second kappa shape index (κ2) is 4.54. The van der Waals surface area contributed by atoms with E-state index in [2.05, 4.69) is 31.3 Å². The lowest BCUT2D eigenvalue weighted by Gasteiger charge is -2.06. The van der Waals surface area contributed by atoms with Crippen LogP contribution < -0.4 is 5.32 Å². The molecular formula is C13H18ClN. The smallest absolute Gasteiger partial charge is 0.0408 e. The highest BCUT2D eigenvalue weighted by atomic mass is 35.5. The van der Waals surface area contributed by atoms with Gasteiger partial charge in [0.15, 0.2) is 0 Å². The molecule has 0 saturated heterocycles. The van der Waals surface area contributed by atoms with E-state index in [0.717, 1.165) is 29.9 Å². The maximum absolute atomic E-state index is 5.95. The Morgan fingerprint density at radius 2 is 2.27 bits per heavy atom. The summed E-state index contributed by atoms with van der Waals surface area (Å²) < 4.78 is 0. The van der Waals surface area contributed by atoms with E-state index < -0.39 is 0 Å². The Labute approximate surface area is 96.8 Å². The van der Waals surface area contributed by atoms with Crippen molar-refractivity contribution in [3.63, 3.8) is 0 Å². The van der Waals surface area contributed by atoms with E-state index in [1.807, 2.05) is 6.07 Å². The van der Waals surface area contributed by atoms with Crippen LogP contribution in [0.25, 0.3) is 0 Å². The summed E-state index contributed by atoms with van der Waals surface area (Å²) in [6.07, 6.45) is 1.33. The zero-order valence-corrected chi connectivity index (χ0v) is 10.1. The summed E-state index contributed by atoms with van der Waals surface area (Å²) in [5, 5.41) is 4.26. The summed E-state index contributed by atoms with van der Waals surface area (Å²) in [6, 6.07) is 6.26. The van der Waals surface area contributed by atoms with Crippen LogP contribution >= 0.6 is 11.6 Å². The monoisotopic (exact) mass is 223 g/mol. The fourth-order valence-corrected chi connectivity index (χ4v) is 2.47. The predicted octanol–water partition coefficient (Wildman–Crippen LogP) is 3.36. The fraction of sp³-hybridized carbons (Fsp3) is 0.538. The third-order valence-corrected chi connectivity index (χ3v) is 3.45. The van der Waals surface area contributed by atoms with Crippen molar-refractivity contribution in [1.29, 1.82) is 0 Å². The first kappa shape index (κ1) is 11.0. The highest BCUT2D eigenvalue weighted by molar-refractivity contribution is 6.30. The molecule has 2 atom stereocenters. The molecule has 0 radical (unpaired) electrons. The minimum absolute atomic E-state index is 0.765. The Bertz CT molecular complexity index is 348. The summed E-state index contributed by atoms with van der Waals surface area (Å²) in [4.78, 5) is 0. The number of aryl methyl sites for hydroxylation is 1. The van der Waals surface area contributed by atoms with Gasteiger partial charge in [-0.2, -0.15) is 0 Å². The van der Waals surface area contributed by atoms with Gasteiger partial charge in [0.05, 0.1) is 0 Å². The van der Waals surface area contributed by atoms with Crippen molar-refractivity contribution in [2.45, 2.75) is 26.2 Å². The van der Waals surface area contributed by atoms with E-state index >= 15 is 0 Å². The number of rotatable bonds is 4. The highest BCUT2D eigenvalue weighted by Crippen LogP contribution is 2.48. The standard InChI is InChI=1S/C13H18ClN/c1-3-15-8-10-7-13(10)12-5-4-11(14)6-9(12)2/h4-6,10,13,15H,3,7-8H2,1-2H3. The quantitative estimate of drug-likeness (QED) is 0.826. The summed E-state index contributed by atoms with van der Waals surface area (Å²) in [5.41, 5.74) is 2.83. The number of benzene rings is 1. The van der Waals surface area contributed by atoms with E-state index in [1.165, 1.54) is 17.5 Å². The normalized spacial score (nSPS) is 24.2. The topological polar surface area (TPSA) is 12.0 Å². The van der Waals surface area contributed by atoms with Crippen molar-refractivity contribution in [3.8, 4) is 0 Å². The average Bonchev–Trinajstić information content (AvgIpc) is 2.94. The molecule has 0 spiro atoms. The molecule has 1 nitrogen and oxygen atoms in total. The van der Waals surface area contributed by atoms with Gasteiger partial charge in [-0.25, -0.2) is 0 Å². The highest BCUT2D eigenvalue weighted by Gasteiger charge is 2.38. The van der Waals surface area contributed by atoms with Gasteiger partial charge in [-0.3, -0.25) is 0 Å². The van der Waals surface area contributed by atoms with Gasteiger partial charge in [-0.1, -0.05) is 24.6 Å². The minimum atomic E-state index is 0.765. The Morgan fingerprint density at radius 3 is 2.93 bits per heavy atom. The molecule has 0 heterocycles. The van der Waals surface area contributed by atoms with Gasteiger partial charge in [0.2, 0.25) is 0 Å². The van der Waals surface area contributed by atoms with Crippen LogP contribution in [0.5, 0.6) is 0 Å². The molecule has 1 saturated carbocycles. The van der Waals surface area contributed by atoms with Crippen molar-refractivity contribution in [3.05, 3.63) is 34.3 Å². The van der Waals surface area contributed by atoms with E-state index in [-0.39, 0.29) is 0 Å². The van der Waals surface area contributed by atoms with Crippen molar-refractivity contribution in [2.75, 3.05) is 13.1 Å². The third kappa shape index (κ3) is 2.53. The number of hydrogen-bond acceptors (Lipinski definition) is 1. The van der Waals surface area contributed by atoms with Crippen LogP contribution in [0.15, 0.2) is 18.2 Å². The second-order valence-electron chi connectivity index (χ2n) is 4.41. The van der Waals surface area contributed by atoms with Crippen LogP contribution in [0.2, 0.25) is 5.02 Å². The third-order valence-electron chi connectivity index (χ3n) is 3.21. The summed E-state index contributed by atoms with van der Waals surface area (Å²) in [7, 11) is 0. The van der Waals surface area contributed by atoms with Crippen LogP contribution in [-0.4, -0.2) is 13.1 Å². The first-order chi connectivity index (χ1) is 7.22. The maximum atomic E-state index is 5.95. The zero-order chi connectivity index (χ0) is 10.8. The molecule has 0 bridgehead atoms. The van der Waals surface area contributed by atoms with Crippen molar-refractivity contribution in [1.82, 2.24) is 5.32 Å². The molecular weight excluding hydrogens is 206 g/mol. The van der Waals surface area contributed by atoms with Gasteiger partial charge >= 0.3 is 0 Å². The summed E-state index contributed by atoms with van der Waals surface area (Å²) in [6.45, 7) is 6.54. The van der Waals surface area contributed by atoms with Crippen LogP contribution in [0, 0.1) is 12.8 Å². The lowest BCUT2D eigenvalue weighted by Crippen LogP contribution is -2.16. The maximum Gasteiger partial charge on any atom is 0.0408 e. The van der Waals surface area contributed by atoms with Crippen molar-refractivity contribution < 1.29 is 0 Å². The molecule has 1 aromatic carbocycles. The van der Waals surface area contributed by atoms with E-state index in [4.69, 9.17) is 11.6 Å². The fourth-order valence-electron chi connectivity index (χ4n) is 2.24. The molecule has 2 heteroatoms. The van der Waals surface area contributed by atoms with E-state index in [9.17, 15) is 0 Å². The lowest BCUT2D eigenvalue weighted by molar-refractivity contribution is 0.649. The molecule has 1 N–H and O–H groups in total. The lowest BCUT2D eigenvalue weighted by atomic mass is 10.0. The van der Waals surface area contributed by atoms with Gasteiger partial charge < -0.3 is 5.32 Å². The molecule has 1 fully saturated rings. The van der Waals surface area contributed by atoms with Gasteiger partial charge in [0, 0.05) is 5.02 Å².